The number of rotatable bonds is 7. The molecular formula is C16H17NO3. The molecule has 1 rings (SSSR count). The average Bonchev–Trinajstić information content (AvgIpc) is 2.47. The summed E-state index contributed by atoms with van der Waals surface area (Å²) in [5, 5.41) is 0. The topological polar surface area (TPSA) is 46.6 Å². The fourth-order valence-corrected chi connectivity index (χ4v) is 1.56. The second-order valence-electron chi connectivity index (χ2n) is 3.94. The molecule has 0 radical (unpaired) electrons. The highest BCUT2D eigenvalue weighted by atomic mass is 16.5. The van der Waals surface area contributed by atoms with Gasteiger partial charge < -0.3 is 9.64 Å². The van der Waals surface area contributed by atoms with E-state index in [4.69, 9.17) is 4.74 Å². The zero-order valence-corrected chi connectivity index (χ0v) is 11.2. The van der Waals surface area contributed by atoms with Gasteiger partial charge in [0.25, 0.3) is 5.91 Å². The molecule has 0 aliphatic rings. The van der Waals surface area contributed by atoms with Crippen LogP contribution in [0.25, 0.3) is 0 Å². The van der Waals surface area contributed by atoms with Gasteiger partial charge >= 0.3 is 5.97 Å². The first-order valence-electron chi connectivity index (χ1n) is 6.07. The number of ether oxygens (including phenoxy) is 1. The number of carbonyl (C=O) groups is 2. The Bertz CT molecular complexity index is 507. The van der Waals surface area contributed by atoms with Crippen LogP contribution in [0.5, 0.6) is 5.75 Å². The minimum Gasteiger partial charge on any atom is -0.423 e. The van der Waals surface area contributed by atoms with Gasteiger partial charge in [0.05, 0.1) is 0 Å². The Labute approximate surface area is 118 Å². The maximum Gasteiger partial charge on any atom is 0.335 e. The molecule has 0 aliphatic heterocycles. The van der Waals surface area contributed by atoms with Crippen molar-refractivity contribution in [3.63, 3.8) is 0 Å². The molecule has 0 N–H and O–H groups in total. The molecule has 0 bridgehead atoms. The van der Waals surface area contributed by atoms with Gasteiger partial charge in [-0.2, -0.15) is 0 Å². The minimum absolute atomic E-state index is 0.133. The summed E-state index contributed by atoms with van der Waals surface area (Å²) in [6.07, 6.45) is 4.39. The summed E-state index contributed by atoms with van der Waals surface area (Å²) in [4.78, 5) is 24.9. The number of amides is 1. The van der Waals surface area contributed by atoms with Crippen LogP contribution in [0, 0.1) is 0 Å². The predicted molar refractivity (Wildman–Crippen MR) is 78.6 cm³/mol. The Balaban J connectivity index is 2.82. The van der Waals surface area contributed by atoms with Crippen molar-refractivity contribution in [1.29, 1.82) is 0 Å². The van der Waals surface area contributed by atoms with Gasteiger partial charge in [0.2, 0.25) is 0 Å². The summed E-state index contributed by atoms with van der Waals surface area (Å²) >= 11 is 0. The van der Waals surface area contributed by atoms with E-state index in [0.29, 0.717) is 24.4 Å². The Hall–Kier alpha value is -2.62. The van der Waals surface area contributed by atoms with Crippen LogP contribution in [-0.2, 0) is 4.79 Å². The molecule has 0 aromatic heterocycles. The highest BCUT2D eigenvalue weighted by Gasteiger charge is 2.13. The van der Waals surface area contributed by atoms with Gasteiger partial charge in [-0.1, -0.05) is 18.7 Å². The van der Waals surface area contributed by atoms with Crippen LogP contribution >= 0.6 is 0 Å². The lowest BCUT2D eigenvalue weighted by atomic mass is 10.2. The number of nitrogens with zero attached hydrogens (tertiary/aromatic N) is 1. The Morgan fingerprint density at radius 1 is 1.05 bits per heavy atom. The van der Waals surface area contributed by atoms with Crippen LogP contribution < -0.4 is 4.74 Å². The summed E-state index contributed by atoms with van der Waals surface area (Å²) in [5.74, 6) is -0.305. The highest BCUT2D eigenvalue weighted by Crippen LogP contribution is 2.14. The third-order valence-electron chi connectivity index (χ3n) is 2.47. The molecule has 1 aromatic rings. The monoisotopic (exact) mass is 271 g/mol. The van der Waals surface area contributed by atoms with Gasteiger partial charge in [0.1, 0.15) is 5.75 Å². The Morgan fingerprint density at radius 2 is 1.60 bits per heavy atom. The molecule has 0 atom stereocenters. The van der Waals surface area contributed by atoms with Crippen molar-refractivity contribution in [2.75, 3.05) is 13.1 Å². The number of hydrogen-bond donors (Lipinski definition) is 0. The predicted octanol–water partition coefficient (Wildman–Crippen LogP) is 2.59. The van der Waals surface area contributed by atoms with Gasteiger partial charge in [-0.15, -0.1) is 13.2 Å². The van der Waals surface area contributed by atoms with Crippen molar-refractivity contribution in [3.8, 4) is 5.75 Å². The zero-order chi connectivity index (χ0) is 15.0. The largest absolute Gasteiger partial charge is 0.423 e. The van der Waals surface area contributed by atoms with Crippen molar-refractivity contribution in [2.24, 2.45) is 0 Å². The minimum atomic E-state index is -0.538. The van der Waals surface area contributed by atoms with Crippen molar-refractivity contribution in [1.82, 2.24) is 4.90 Å². The van der Waals surface area contributed by atoms with E-state index in [0.717, 1.165) is 6.08 Å². The van der Waals surface area contributed by atoms with Crippen LogP contribution in [0.2, 0.25) is 0 Å². The molecule has 0 saturated heterocycles. The molecule has 0 heterocycles. The second-order valence-corrected chi connectivity index (χ2v) is 3.94. The third-order valence-corrected chi connectivity index (χ3v) is 2.47. The van der Waals surface area contributed by atoms with Crippen molar-refractivity contribution >= 4 is 11.9 Å². The number of carbonyl (C=O) groups excluding carboxylic acids is 2. The first-order chi connectivity index (χ1) is 9.62. The van der Waals surface area contributed by atoms with E-state index in [-0.39, 0.29) is 5.91 Å². The molecule has 1 aromatic carbocycles. The molecule has 0 fully saturated rings. The van der Waals surface area contributed by atoms with Crippen molar-refractivity contribution < 1.29 is 14.3 Å². The summed E-state index contributed by atoms with van der Waals surface area (Å²) in [7, 11) is 0. The van der Waals surface area contributed by atoms with E-state index in [1.54, 1.807) is 41.3 Å². The first-order valence-corrected chi connectivity index (χ1v) is 6.07. The molecule has 104 valence electrons. The second kappa shape index (κ2) is 7.74. The summed E-state index contributed by atoms with van der Waals surface area (Å²) in [5.41, 5.74) is 0.507. The lowest BCUT2D eigenvalue weighted by Crippen LogP contribution is -2.31. The molecule has 4 heteroatoms. The van der Waals surface area contributed by atoms with E-state index < -0.39 is 5.97 Å². The molecule has 0 aliphatic carbocycles. The van der Waals surface area contributed by atoms with Crippen LogP contribution in [0.3, 0.4) is 0 Å². The lowest BCUT2D eigenvalue weighted by molar-refractivity contribution is -0.128. The van der Waals surface area contributed by atoms with Crippen LogP contribution in [0.1, 0.15) is 10.4 Å². The quantitative estimate of drug-likeness (QED) is 0.331. The third kappa shape index (κ3) is 4.24. The molecule has 0 saturated carbocycles. The highest BCUT2D eigenvalue weighted by molar-refractivity contribution is 5.94. The summed E-state index contributed by atoms with van der Waals surface area (Å²) < 4.78 is 4.94. The number of benzene rings is 1. The number of hydrogen-bond acceptors (Lipinski definition) is 3. The molecule has 4 nitrogen and oxygen atoms in total. The van der Waals surface area contributed by atoms with E-state index >= 15 is 0 Å². The molecule has 1 amide bonds. The van der Waals surface area contributed by atoms with Gasteiger partial charge in [0, 0.05) is 24.7 Å². The SMILES string of the molecule is C=CCN(CC=C)C(=O)c1ccc(OC(=O)C=C)cc1. The standard InChI is InChI=1S/C16H17NO3/c1-4-11-17(12-5-2)16(19)13-7-9-14(10-8-13)20-15(18)6-3/h4-10H,1-3,11-12H2. The lowest BCUT2D eigenvalue weighted by Gasteiger charge is -2.19. The Kier molecular flexibility index (Phi) is 5.97. The molecular weight excluding hydrogens is 254 g/mol. The fraction of sp³-hybridized carbons (Fsp3) is 0.125. The van der Waals surface area contributed by atoms with E-state index in [2.05, 4.69) is 19.7 Å². The van der Waals surface area contributed by atoms with E-state index in [9.17, 15) is 9.59 Å². The van der Waals surface area contributed by atoms with Crippen LogP contribution in [0.15, 0.2) is 62.2 Å². The summed E-state index contributed by atoms with van der Waals surface area (Å²) in [6.45, 7) is 11.4. The van der Waals surface area contributed by atoms with Crippen molar-refractivity contribution in [3.05, 3.63) is 67.8 Å². The maximum absolute atomic E-state index is 12.2. The normalized spacial score (nSPS) is 9.40. The number of esters is 1. The van der Waals surface area contributed by atoms with Gasteiger partial charge in [-0.25, -0.2) is 4.79 Å². The van der Waals surface area contributed by atoms with Crippen molar-refractivity contribution in [2.45, 2.75) is 0 Å². The van der Waals surface area contributed by atoms with E-state index in [1.807, 2.05) is 0 Å². The molecule has 0 unspecified atom stereocenters. The smallest absolute Gasteiger partial charge is 0.335 e. The maximum atomic E-state index is 12.2. The Morgan fingerprint density at radius 3 is 2.05 bits per heavy atom. The van der Waals surface area contributed by atoms with E-state index in [1.165, 1.54) is 0 Å². The van der Waals surface area contributed by atoms with Gasteiger partial charge in [-0.3, -0.25) is 4.79 Å². The fourth-order valence-electron chi connectivity index (χ4n) is 1.56. The zero-order valence-electron chi connectivity index (χ0n) is 11.2. The molecule has 20 heavy (non-hydrogen) atoms. The molecule has 0 spiro atoms. The van der Waals surface area contributed by atoms with Gasteiger partial charge in [0.15, 0.2) is 0 Å². The summed E-state index contributed by atoms with van der Waals surface area (Å²) in [6, 6.07) is 6.34. The van der Waals surface area contributed by atoms with Gasteiger partial charge in [-0.05, 0) is 24.3 Å². The van der Waals surface area contributed by atoms with Crippen LogP contribution in [-0.4, -0.2) is 29.9 Å². The average molecular weight is 271 g/mol. The van der Waals surface area contributed by atoms with Crippen LogP contribution in [0.4, 0.5) is 0 Å². The first kappa shape index (κ1) is 15.4.